The third-order valence-corrected chi connectivity index (χ3v) is 4.95. The molecule has 2 fully saturated rings. The van der Waals surface area contributed by atoms with Crippen LogP contribution in [-0.4, -0.2) is 28.5 Å². The van der Waals surface area contributed by atoms with E-state index in [4.69, 9.17) is 4.74 Å². The number of fused-ring (bicyclic) bond motifs is 1. The van der Waals surface area contributed by atoms with Crippen LogP contribution in [0.4, 0.5) is 0 Å². The highest BCUT2D eigenvalue weighted by atomic mass is 16.5. The molecule has 0 amide bonds. The number of hydrogen-bond donors (Lipinski definition) is 2. The van der Waals surface area contributed by atoms with Crippen molar-refractivity contribution in [2.75, 3.05) is 0 Å². The Hall–Kier alpha value is -0.800. The van der Waals surface area contributed by atoms with E-state index in [9.17, 15) is 10.2 Å². The van der Waals surface area contributed by atoms with Gasteiger partial charge in [-0.2, -0.15) is 0 Å². The molecule has 0 radical (unpaired) electrons. The highest BCUT2D eigenvalue weighted by Crippen LogP contribution is 2.45. The van der Waals surface area contributed by atoms with Gasteiger partial charge in [-0.1, -0.05) is 51.7 Å². The molecule has 2 rings (SSSR count). The second-order valence-electron chi connectivity index (χ2n) is 6.81. The van der Waals surface area contributed by atoms with Crippen LogP contribution < -0.4 is 0 Å². The van der Waals surface area contributed by atoms with Crippen molar-refractivity contribution in [1.29, 1.82) is 0 Å². The number of hydrogen-bond acceptors (Lipinski definition) is 3. The Labute approximate surface area is 135 Å². The maximum Gasteiger partial charge on any atom is 0.105 e. The fraction of sp³-hybridized carbons (Fsp3) is 0.789. The van der Waals surface area contributed by atoms with Gasteiger partial charge in [0.2, 0.25) is 0 Å². The van der Waals surface area contributed by atoms with Crippen LogP contribution in [0.1, 0.15) is 65.2 Å². The quantitative estimate of drug-likeness (QED) is 0.527. The highest BCUT2D eigenvalue weighted by Gasteiger charge is 2.46. The van der Waals surface area contributed by atoms with E-state index in [1.165, 1.54) is 12.8 Å². The van der Waals surface area contributed by atoms with E-state index in [2.05, 4.69) is 19.9 Å². The lowest BCUT2D eigenvalue weighted by Gasteiger charge is -2.16. The molecule has 1 saturated heterocycles. The summed E-state index contributed by atoms with van der Waals surface area (Å²) in [7, 11) is 0. The maximum absolute atomic E-state index is 10.3. The lowest BCUT2D eigenvalue weighted by molar-refractivity contribution is 0.111. The molecule has 0 spiro atoms. The number of aliphatic hydroxyl groups is 2. The molecular weight excluding hydrogens is 276 g/mol. The fourth-order valence-electron chi connectivity index (χ4n) is 3.65. The van der Waals surface area contributed by atoms with Crippen molar-refractivity contribution in [3.63, 3.8) is 0 Å². The molecule has 1 aliphatic heterocycles. The molecule has 22 heavy (non-hydrogen) atoms. The standard InChI is InChI=1S/C19H32O3/c1-3-5-7-8-14(20)10-11-16-17-12-15(9-6-4-2)22-19(17)13-18(16)21/h9-11,14,16-21H,3-8,12-13H2,1-2H3/b11-10+,15-9-/t14-,16+,17+,18+,19-/m0/s1. The van der Waals surface area contributed by atoms with Gasteiger partial charge in [-0.05, 0) is 18.9 Å². The molecule has 2 N–H and O–H groups in total. The Morgan fingerprint density at radius 1 is 1.27 bits per heavy atom. The minimum atomic E-state index is -0.379. The monoisotopic (exact) mass is 308 g/mol. The molecule has 1 heterocycles. The Kier molecular flexibility index (Phi) is 6.97. The second-order valence-corrected chi connectivity index (χ2v) is 6.81. The first kappa shape index (κ1) is 17.6. The summed E-state index contributed by atoms with van der Waals surface area (Å²) in [6.45, 7) is 4.34. The molecule has 3 heteroatoms. The Morgan fingerprint density at radius 3 is 2.82 bits per heavy atom. The predicted octanol–water partition coefficient (Wildman–Crippen LogP) is 3.95. The molecule has 1 saturated carbocycles. The fourth-order valence-corrected chi connectivity index (χ4v) is 3.65. The van der Waals surface area contributed by atoms with Gasteiger partial charge in [0.1, 0.15) is 6.10 Å². The van der Waals surface area contributed by atoms with Gasteiger partial charge in [0.05, 0.1) is 18.0 Å². The third-order valence-electron chi connectivity index (χ3n) is 4.95. The molecule has 0 aromatic heterocycles. The largest absolute Gasteiger partial charge is 0.495 e. The van der Waals surface area contributed by atoms with E-state index in [0.29, 0.717) is 5.92 Å². The van der Waals surface area contributed by atoms with E-state index in [1.807, 2.05) is 12.2 Å². The number of unbranched alkanes of at least 4 members (excludes halogenated alkanes) is 3. The second kappa shape index (κ2) is 8.73. The molecule has 0 unspecified atom stereocenters. The zero-order chi connectivity index (χ0) is 15.9. The van der Waals surface area contributed by atoms with Crippen molar-refractivity contribution in [3.8, 4) is 0 Å². The Morgan fingerprint density at radius 2 is 2.09 bits per heavy atom. The van der Waals surface area contributed by atoms with Crippen LogP contribution in [0.3, 0.4) is 0 Å². The van der Waals surface area contributed by atoms with Gasteiger partial charge in [0, 0.05) is 24.7 Å². The number of rotatable bonds is 8. The molecule has 0 aromatic rings. The van der Waals surface area contributed by atoms with Gasteiger partial charge >= 0.3 is 0 Å². The Bertz CT molecular complexity index is 388. The smallest absolute Gasteiger partial charge is 0.105 e. The van der Waals surface area contributed by atoms with Crippen molar-refractivity contribution in [2.45, 2.75) is 83.5 Å². The molecule has 3 nitrogen and oxygen atoms in total. The van der Waals surface area contributed by atoms with Crippen molar-refractivity contribution in [1.82, 2.24) is 0 Å². The Balaban J connectivity index is 1.87. The SMILES string of the molecule is CCC/C=C1/C[C@@H]2[C@@H](/C=C/[C@@H](O)CCCCC)[C@H](O)C[C@@H]2O1. The number of ether oxygens (including phenoxy) is 1. The summed E-state index contributed by atoms with van der Waals surface area (Å²) in [5.41, 5.74) is 0. The minimum Gasteiger partial charge on any atom is -0.495 e. The third kappa shape index (κ3) is 4.60. The van der Waals surface area contributed by atoms with E-state index in [1.54, 1.807) is 0 Å². The summed E-state index contributed by atoms with van der Waals surface area (Å²) in [5, 5.41) is 20.3. The summed E-state index contributed by atoms with van der Waals surface area (Å²) >= 11 is 0. The van der Waals surface area contributed by atoms with Crippen molar-refractivity contribution in [3.05, 3.63) is 24.0 Å². The van der Waals surface area contributed by atoms with Crippen LogP contribution in [0.25, 0.3) is 0 Å². The number of allylic oxidation sites excluding steroid dienone is 2. The van der Waals surface area contributed by atoms with Crippen LogP contribution in [0, 0.1) is 11.8 Å². The topological polar surface area (TPSA) is 49.7 Å². The zero-order valence-electron chi connectivity index (χ0n) is 14.1. The van der Waals surface area contributed by atoms with Gasteiger partial charge in [-0.3, -0.25) is 0 Å². The maximum atomic E-state index is 10.3. The molecule has 2 aliphatic rings. The van der Waals surface area contributed by atoms with Crippen LogP contribution in [0.2, 0.25) is 0 Å². The minimum absolute atomic E-state index is 0.123. The van der Waals surface area contributed by atoms with Gasteiger partial charge < -0.3 is 14.9 Å². The highest BCUT2D eigenvalue weighted by molar-refractivity contribution is 5.13. The molecule has 1 aliphatic carbocycles. The van der Waals surface area contributed by atoms with E-state index < -0.39 is 0 Å². The summed E-state index contributed by atoms with van der Waals surface area (Å²) < 4.78 is 5.98. The van der Waals surface area contributed by atoms with Gasteiger partial charge in [-0.25, -0.2) is 0 Å². The summed E-state index contributed by atoms with van der Waals surface area (Å²) in [6.07, 6.45) is 13.6. The van der Waals surface area contributed by atoms with Crippen molar-refractivity contribution < 1.29 is 14.9 Å². The first-order valence-electron chi connectivity index (χ1n) is 9.05. The van der Waals surface area contributed by atoms with Crippen LogP contribution >= 0.6 is 0 Å². The van der Waals surface area contributed by atoms with Crippen LogP contribution in [0.5, 0.6) is 0 Å². The number of aliphatic hydroxyl groups excluding tert-OH is 2. The van der Waals surface area contributed by atoms with Gasteiger partial charge in [0.15, 0.2) is 0 Å². The lowest BCUT2D eigenvalue weighted by atomic mass is 9.90. The summed E-state index contributed by atoms with van der Waals surface area (Å²) in [4.78, 5) is 0. The summed E-state index contributed by atoms with van der Waals surface area (Å²) in [6, 6.07) is 0. The average molecular weight is 308 g/mol. The van der Waals surface area contributed by atoms with Gasteiger partial charge in [0.25, 0.3) is 0 Å². The molecular formula is C19H32O3. The first-order chi connectivity index (χ1) is 10.7. The van der Waals surface area contributed by atoms with E-state index in [-0.39, 0.29) is 24.2 Å². The molecule has 126 valence electrons. The zero-order valence-corrected chi connectivity index (χ0v) is 14.1. The molecule has 0 bridgehead atoms. The lowest BCUT2D eigenvalue weighted by Crippen LogP contribution is -2.18. The molecule has 0 aromatic carbocycles. The van der Waals surface area contributed by atoms with Crippen LogP contribution in [0.15, 0.2) is 24.0 Å². The van der Waals surface area contributed by atoms with Crippen molar-refractivity contribution >= 4 is 0 Å². The average Bonchev–Trinajstić information content (AvgIpc) is 3.00. The van der Waals surface area contributed by atoms with Crippen LogP contribution in [-0.2, 0) is 4.74 Å². The normalized spacial score (nSPS) is 34.3. The summed E-state index contributed by atoms with van der Waals surface area (Å²) in [5.74, 6) is 1.60. The van der Waals surface area contributed by atoms with E-state index >= 15 is 0 Å². The first-order valence-corrected chi connectivity index (χ1v) is 9.05. The van der Waals surface area contributed by atoms with Crippen molar-refractivity contribution in [2.24, 2.45) is 11.8 Å². The molecule has 5 atom stereocenters. The van der Waals surface area contributed by atoms with E-state index in [0.717, 1.165) is 44.3 Å². The van der Waals surface area contributed by atoms with Gasteiger partial charge in [-0.15, -0.1) is 0 Å². The predicted molar refractivity (Wildman–Crippen MR) is 89.4 cm³/mol.